The second-order valence-corrected chi connectivity index (χ2v) is 6.04. The first-order valence-electron chi connectivity index (χ1n) is 8.71. The summed E-state index contributed by atoms with van der Waals surface area (Å²) in [5, 5.41) is 2.79. The summed E-state index contributed by atoms with van der Waals surface area (Å²) in [7, 11) is 3.13. The van der Waals surface area contributed by atoms with E-state index in [0.29, 0.717) is 39.8 Å². The Morgan fingerprint density at radius 1 is 0.759 bits per heavy atom. The molecule has 0 aliphatic rings. The van der Waals surface area contributed by atoms with Crippen LogP contribution in [0.15, 0.2) is 66.7 Å². The van der Waals surface area contributed by atoms with Gasteiger partial charge in [0.1, 0.15) is 11.5 Å². The molecule has 29 heavy (non-hydrogen) atoms. The molecule has 0 saturated carbocycles. The molecule has 148 valence electrons. The van der Waals surface area contributed by atoms with E-state index >= 15 is 0 Å². The molecule has 0 aromatic heterocycles. The Morgan fingerprint density at radius 3 is 1.97 bits per heavy atom. The molecule has 0 saturated heterocycles. The summed E-state index contributed by atoms with van der Waals surface area (Å²) in [6, 6.07) is 18.2. The van der Waals surface area contributed by atoms with Crippen LogP contribution in [-0.2, 0) is 0 Å². The lowest BCUT2D eigenvalue weighted by molar-refractivity contribution is 0.0995. The molecule has 0 aliphatic heterocycles. The van der Waals surface area contributed by atoms with Gasteiger partial charge in [0.15, 0.2) is 11.5 Å². The van der Waals surface area contributed by atoms with Crippen molar-refractivity contribution < 1.29 is 23.8 Å². The Kier molecular flexibility index (Phi) is 5.99. The third kappa shape index (κ3) is 4.84. The van der Waals surface area contributed by atoms with Gasteiger partial charge in [0.25, 0.3) is 5.91 Å². The molecule has 0 radical (unpaired) electrons. The number of nitrogens with one attached hydrogen (secondary N) is 1. The van der Waals surface area contributed by atoms with Crippen molar-refractivity contribution in [2.24, 2.45) is 5.73 Å². The van der Waals surface area contributed by atoms with Crippen molar-refractivity contribution in [2.75, 3.05) is 19.5 Å². The lowest BCUT2D eigenvalue weighted by Crippen LogP contribution is -2.14. The maximum Gasteiger partial charge on any atom is 0.255 e. The lowest BCUT2D eigenvalue weighted by atomic mass is 10.1. The number of rotatable bonds is 7. The molecule has 2 amide bonds. The van der Waals surface area contributed by atoms with Crippen molar-refractivity contribution in [3.05, 3.63) is 77.9 Å². The number of anilines is 1. The molecule has 0 spiro atoms. The number of benzene rings is 3. The maximum atomic E-state index is 12.5. The minimum atomic E-state index is -0.549. The predicted octanol–water partition coefficient (Wildman–Crippen LogP) is 3.85. The van der Waals surface area contributed by atoms with E-state index in [0.717, 1.165) is 0 Å². The average Bonchev–Trinajstić information content (AvgIpc) is 2.74. The second kappa shape index (κ2) is 8.79. The van der Waals surface area contributed by atoms with E-state index < -0.39 is 5.91 Å². The van der Waals surface area contributed by atoms with E-state index in [4.69, 9.17) is 19.9 Å². The molecule has 3 aromatic carbocycles. The van der Waals surface area contributed by atoms with E-state index in [-0.39, 0.29) is 5.91 Å². The fourth-order valence-corrected chi connectivity index (χ4v) is 2.59. The number of amides is 2. The number of methoxy groups -OCH3 is 2. The van der Waals surface area contributed by atoms with Crippen molar-refractivity contribution >= 4 is 17.5 Å². The molecule has 0 aliphatic carbocycles. The fraction of sp³-hybridized carbons (Fsp3) is 0.0909. The summed E-state index contributed by atoms with van der Waals surface area (Å²) < 4.78 is 16.4. The molecule has 0 atom stereocenters. The SMILES string of the molecule is COc1ccc(Oc2cc(NC(=O)c3ccc(C(N)=O)cc3)ccc2OC)cc1. The molecule has 0 heterocycles. The molecule has 3 aromatic rings. The highest BCUT2D eigenvalue weighted by Crippen LogP contribution is 2.34. The van der Waals surface area contributed by atoms with Crippen LogP contribution in [0, 0.1) is 0 Å². The summed E-state index contributed by atoms with van der Waals surface area (Å²) in [5.74, 6) is 1.39. The quantitative estimate of drug-likeness (QED) is 0.636. The topological polar surface area (TPSA) is 99.9 Å². The number of hydrogen-bond donors (Lipinski definition) is 2. The van der Waals surface area contributed by atoms with E-state index in [2.05, 4.69) is 5.32 Å². The highest BCUT2D eigenvalue weighted by atomic mass is 16.5. The molecule has 0 unspecified atom stereocenters. The standard InChI is InChI=1S/C22H20N2O5/c1-27-17-8-10-18(11-9-17)29-20-13-16(7-12-19(20)28-2)24-22(26)15-5-3-14(4-6-15)21(23)25/h3-13H,1-2H3,(H2,23,25)(H,24,26). The Balaban J connectivity index is 1.78. The molecule has 0 fully saturated rings. The van der Waals surface area contributed by atoms with Crippen LogP contribution in [0.25, 0.3) is 0 Å². The molecule has 3 N–H and O–H groups in total. The van der Waals surface area contributed by atoms with E-state index in [1.54, 1.807) is 49.6 Å². The minimum absolute atomic E-state index is 0.332. The number of carbonyl (C=O) groups excluding carboxylic acids is 2. The van der Waals surface area contributed by atoms with Crippen LogP contribution < -0.4 is 25.3 Å². The normalized spacial score (nSPS) is 10.1. The van der Waals surface area contributed by atoms with Crippen LogP contribution in [0.1, 0.15) is 20.7 Å². The minimum Gasteiger partial charge on any atom is -0.497 e. The first kappa shape index (κ1) is 19.8. The molecule has 7 heteroatoms. The third-order valence-corrected chi connectivity index (χ3v) is 4.14. The average molecular weight is 392 g/mol. The van der Waals surface area contributed by atoms with Crippen molar-refractivity contribution in [2.45, 2.75) is 0 Å². The van der Waals surface area contributed by atoms with Crippen LogP contribution in [0.5, 0.6) is 23.0 Å². The fourth-order valence-electron chi connectivity index (χ4n) is 2.59. The zero-order valence-corrected chi connectivity index (χ0v) is 16.0. The van der Waals surface area contributed by atoms with Crippen molar-refractivity contribution in [1.82, 2.24) is 0 Å². The van der Waals surface area contributed by atoms with Crippen LogP contribution >= 0.6 is 0 Å². The van der Waals surface area contributed by atoms with Gasteiger partial charge in [0, 0.05) is 22.9 Å². The summed E-state index contributed by atoms with van der Waals surface area (Å²) in [5.41, 5.74) is 6.47. The van der Waals surface area contributed by atoms with E-state index in [1.165, 1.54) is 31.4 Å². The van der Waals surface area contributed by atoms with Gasteiger partial charge < -0.3 is 25.3 Å². The summed E-state index contributed by atoms with van der Waals surface area (Å²) in [6.07, 6.45) is 0. The predicted molar refractivity (Wildman–Crippen MR) is 109 cm³/mol. The van der Waals surface area contributed by atoms with Crippen molar-refractivity contribution in [3.8, 4) is 23.0 Å². The number of ether oxygens (including phenoxy) is 3. The lowest BCUT2D eigenvalue weighted by Gasteiger charge is -2.13. The van der Waals surface area contributed by atoms with Gasteiger partial charge in [-0.05, 0) is 60.7 Å². The van der Waals surface area contributed by atoms with E-state index in [9.17, 15) is 9.59 Å². The first-order chi connectivity index (χ1) is 14.0. The van der Waals surface area contributed by atoms with Crippen molar-refractivity contribution in [1.29, 1.82) is 0 Å². The maximum absolute atomic E-state index is 12.5. The Morgan fingerprint density at radius 2 is 1.38 bits per heavy atom. The third-order valence-electron chi connectivity index (χ3n) is 4.14. The van der Waals surface area contributed by atoms with Gasteiger partial charge in [0.2, 0.25) is 5.91 Å². The smallest absolute Gasteiger partial charge is 0.255 e. The van der Waals surface area contributed by atoms with Crippen LogP contribution in [0.2, 0.25) is 0 Å². The number of hydrogen-bond acceptors (Lipinski definition) is 5. The number of nitrogens with two attached hydrogens (primary N) is 1. The number of carbonyl (C=O) groups is 2. The molecule has 3 rings (SSSR count). The van der Waals surface area contributed by atoms with Gasteiger partial charge >= 0.3 is 0 Å². The highest BCUT2D eigenvalue weighted by Gasteiger charge is 2.11. The Hall–Kier alpha value is -4.00. The second-order valence-electron chi connectivity index (χ2n) is 6.04. The van der Waals surface area contributed by atoms with Crippen LogP contribution in [0.4, 0.5) is 5.69 Å². The Bertz CT molecular complexity index is 1010. The number of primary amides is 1. The van der Waals surface area contributed by atoms with E-state index in [1.807, 2.05) is 0 Å². The van der Waals surface area contributed by atoms with Gasteiger partial charge in [-0.1, -0.05) is 0 Å². The Labute approximate surface area is 168 Å². The highest BCUT2D eigenvalue weighted by molar-refractivity contribution is 6.05. The van der Waals surface area contributed by atoms with Crippen molar-refractivity contribution in [3.63, 3.8) is 0 Å². The summed E-state index contributed by atoms with van der Waals surface area (Å²) >= 11 is 0. The van der Waals surface area contributed by atoms with Gasteiger partial charge in [-0.25, -0.2) is 0 Å². The summed E-state index contributed by atoms with van der Waals surface area (Å²) in [6.45, 7) is 0. The molecular weight excluding hydrogens is 372 g/mol. The van der Waals surface area contributed by atoms with Gasteiger partial charge in [-0.2, -0.15) is 0 Å². The van der Waals surface area contributed by atoms with Gasteiger partial charge in [-0.15, -0.1) is 0 Å². The molecule has 0 bridgehead atoms. The zero-order valence-electron chi connectivity index (χ0n) is 16.0. The zero-order chi connectivity index (χ0) is 20.8. The largest absolute Gasteiger partial charge is 0.497 e. The van der Waals surface area contributed by atoms with Gasteiger partial charge in [0.05, 0.1) is 14.2 Å². The van der Waals surface area contributed by atoms with Crippen LogP contribution in [0.3, 0.4) is 0 Å². The van der Waals surface area contributed by atoms with Gasteiger partial charge in [-0.3, -0.25) is 9.59 Å². The first-order valence-corrected chi connectivity index (χ1v) is 8.71. The summed E-state index contributed by atoms with van der Waals surface area (Å²) in [4.78, 5) is 23.6. The van der Waals surface area contributed by atoms with Crippen LogP contribution in [-0.4, -0.2) is 26.0 Å². The molecule has 7 nitrogen and oxygen atoms in total. The monoisotopic (exact) mass is 392 g/mol. The molecular formula is C22H20N2O5.